The van der Waals surface area contributed by atoms with E-state index in [4.69, 9.17) is 9.47 Å². The van der Waals surface area contributed by atoms with Gasteiger partial charge in [0.15, 0.2) is 6.23 Å². The summed E-state index contributed by atoms with van der Waals surface area (Å²) in [5.41, 5.74) is 3.82. The van der Waals surface area contributed by atoms with Gasteiger partial charge in [-0.1, -0.05) is 32.0 Å². The minimum atomic E-state index is -0.625. The van der Waals surface area contributed by atoms with E-state index < -0.39 is 12.4 Å². The fourth-order valence-corrected chi connectivity index (χ4v) is 2.59. The highest BCUT2D eigenvalue weighted by Gasteiger charge is 2.18. The van der Waals surface area contributed by atoms with Gasteiger partial charge in [0.05, 0.1) is 12.9 Å². The van der Waals surface area contributed by atoms with Crippen molar-refractivity contribution in [2.45, 2.75) is 53.2 Å². The molecule has 0 N–H and O–H groups in total. The molecule has 2 aromatic rings. The molecular weight excluding hydrogens is 316 g/mol. The fourth-order valence-electron chi connectivity index (χ4n) is 2.59. The Morgan fingerprint density at radius 1 is 1.24 bits per heavy atom. The lowest BCUT2D eigenvalue weighted by Gasteiger charge is -2.19. The maximum Gasteiger partial charge on any atom is 0.510 e. The topological polar surface area (TPSA) is 53.4 Å². The van der Waals surface area contributed by atoms with E-state index in [0.29, 0.717) is 18.9 Å². The molecule has 1 heterocycles. The highest BCUT2D eigenvalue weighted by atomic mass is 16.7. The normalized spacial score (nSPS) is 12.2. The lowest BCUT2D eigenvalue weighted by molar-refractivity contribution is -0.00907. The second-order valence-corrected chi connectivity index (χ2v) is 6.76. The van der Waals surface area contributed by atoms with Crippen LogP contribution in [0.4, 0.5) is 4.79 Å². The average Bonchev–Trinajstić information content (AvgIpc) is 3.09. The van der Waals surface area contributed by atoms with Crippen LogP contribution in [0.1, 0.15) is 49.6 Å². The van der Waals surface area contributed by atoms with Crippen LogP contribution < -0.4 is 0 Å². The van der Waals surface area contributed by atoms with Crippen molar-refractivity contribution in [3.8, 4) is 0 Å². The van der Waals surface area contributed by atoms with Gasteiger partial charge in [0.25, 0.3) is 0 Å². The van der Waals surface area contributed by atoms with Crippen molar-refractivity contribution in [3.05, 3.63) is 53.6 Å². The van der Waals surface area contributed by atoms with E-state index in [1.165, 1.54) is 16.7 Å². The van der Waals surface area contributed by atoms with E-state index in [9.17, 15) is 4.79 Å². The van der Waals surface area contributed by atoms with Gasteiger partial charge in [-0.15, -0.1) is 0 Å². The molecule has 1 unspecified atom stereocenters. The van der Waals surface area contributed by atoms with E-state index in [0.717, 1.165) is 12.8 Å². The van der Waals surface area contributed by atoms with Crippen molar-refractivity contribution in [3.63, 3.8) is 0 Å². The smallest absolute Gasteiger partial charge is 0.434 e. The number of aryl methyl sites for hydroxylation is 2. The van der Waals surface area contributed by atoms with Crippen molar-refractivity contribution >= 4 is 6.16 Å². The molecule has 5 heteroatoms. The molecule has 0 saturated carbocycles. The van der Waals surface area contributed by atoms with Crippen LogP contribution in [-0.2, 0) is 15.9 Å². The monoisotopic (exact) mass is 344 g/mol. The summed E-state index contributed by atoms with van der Waals surface area (Å²) in [4.78, 5) is 16.0. The maximum atomic E-state index is 12.0. The largest absolute Gasteiger partial charge is 0.510 e. The standard InChI is InChI=1S/C20H28N2O3/c1-15(2)10-13-24-20(23)25-19(22-12-11-21-14-22)9-8-18-7-5-6-16(3)17(18)4/h5-7,11-12,14-15,19H,8-10,13H2,1-4H3. The molecule has 136 valence electrons. The van der Waals surface area contributed by atoms with Gasteiger partial charge in [0, 0.05) is 18.8 Å². The van der Waals surface area contributed by atoms with Gasteiger partial charge in [-0.05, 0) is 49.3 Å². The molecule has 0 aliphatic rings. The Morgan fingerprint density at radius 2 is 2.04 bits per heavy atom. The molecule has 1 atom stereocenters. The zero-order valence-corrected chi connectivity index (χ0v) is 15.6. The molecule has 25 heavy (non-hydrogen) atoms. The van der Waals surface area contributed by atoms with Crippen LogP contribution in [-0.4, -0.2) is 22.3 Å². The first-order valence-electron chi connectivity index (χ1n) is 8.83. The Morgan fingerprint density at radius 3 is 2.72 bits per heavy atom. The molecule has 0 radical (unpaired) electrons. The number of ether oxygens (including phenoxy) is 2. The number of carbonyl (C=O) groups is 1. The van der Waals surface area contributed by atoms with Gasteiger partial charge in [-0.3, -0.25) is 0 Å². The second-order valence-electron chi connectivity index (χ2n) is 6.76. The van der Waals surface area contributed by atoms with Crippen LogP contribution in [0.2, 0.25) is 0 Å². The molecular formula is C20H28N2O3. The zero-order chi connectivity index (χ0) is 18.2. The van der Waals surface area contributed by atoms with Gasteiger partial charge >= 0.3 is 6.16 Å². The predicted molar refractivity (Wildman–Crippen MR) is 97.4 cm³/mol. The lowest BCUT2D eigenvalue weighted by Crippen LogP contribution is -2.19. The first kappa shape index (κ1) is 19.0. The quantitative estimate of drug-likeness (QED) is 0.644. The number of nitrogens with zero attached hydrogens (tertiary/aromatic N) is 2. The second kappa shape index (κ2) is 9.25. The third-order valence-corrected chi connectivity index (χ3v) is 4.38. The SMILES string of the molecule is Cc1cccc(CCC(OC(=O)OCCC(C)C)n2ccnc2)c1C. The fraction of sp³-hybridized carbons (Fsp3) is 0.500. The molecule has 0 spiro atoms. The van der Waals surface area contributed by atoms with E-state index in [-0.39, 0.29) is 0 Å². The Bertz CT molecular complexity index is 666. The molecule has 0 amide bonds. The van der Waals surface area contributed by atoms with E-state index in [2.05, 4.69) is 50.9 Å². The Balaban J connectivity index is 1.97. The highest BCUT2D eigenvalue weighted by Crippen LogP contribution is 2.21. The van der Waals surface area contributed by atoms with Crippen LogP contribution in [0.5, 0.6) is 0 Å². The van der Waals surface area contributed by atoms with Crippen molar-refractivity contribution in [2.24, 2.45) is 5.92 Å². The molecule has 1 aromatic carbocycles. The van der Waals surface area contributed by atoms with Crippen molar-refractivity contribution < 1.29 is 14.3 Å². The summed E-state index contributed by atoms with van der Waals surface area (Å²) in [5.74, 6) is 0.488. The number of hydrogen-bond donors (Lipinski definition) is 0. The molecule has 2 rings (SSSR count). The molecule has 5 nitrogen and oxygen atoms in total. The Kier molecular flexibility index (Phi) is 7.04. The van der Waals surface area contributed by atoms with E-state index in [1.807, 2.05) is 0 Å². The summed E-state index contributed by atoms with van der Waals surface area (Å²) in [6.07, 6.45) is 6.40. The number of benzene rings is 1. The number of imidazole rings is 1. The molecule has 1 aromatic heterocycles. The molecule has 0 fully saturated rings. The van der Waals surface area contributed by atoms with Crippen molar-refractivity contribution in [1.29, 1.82) is 0 Å². The van der Waals surface area contributed by atoms with Crippen molar-refractivity contribution in [1.82, 2.24) is 9.55 Å². The lowest BCUT2D eigenvalue weighted by atomic mass is 9.99. The van der Waals surface area contributed by atoms with Crippen LogP contribution in [0.3, 0.4) is 0 Å². The molecule has 0 aliphatic heterocycles. The van der Waals surface area contributed by atoms with Crippen molar-refractivity contribution in [2.75, 3.05) is 6.61 Å². The van der Waals surface area contributed by atoms with Crippen LogP contribution in [0, 0.1) is 19.8 Å². The zero-order valence-electron chi connectivity index (χ0n) is 15.6. The van der Waals surface area contributed by atoms with Crippen LogP contribution in [0.15, 0.2) is 36.9 Å². The predicted octanol–water partition coefficient (Wildman–Crippen LogP) is 4.83. The van der Waals surface area contributed by atoms with E-state index >= 15 is 0 Å². The summed E-state index contributed by atoms with van der Waals surface area (Å²) in [5, 5.41) is 0. The van der Waals surface area contributed by atoms with Gasteiger partial charge < -0.3 is 14.0 Å². The Labute approximate surface area is 150 Å². The first-order chi connectivity index (χ1) is 12.0. The minimum absolute atomic E-state index is 0.379. The summed E-state index contributed by atoms with van der Waals surface area (Å²) >= 11 is 0. The minimum Gasteiger partial charge on any atom is -0.434 e. The third kappa shape index (κ3) is 5.93. The van der Waals surface area contributed by atoms with Crippen LogP contribution in [0.25, 0.3) is 0 Å². The van der Waals surface area contributed by atoms with E-state index in [1.54, 1.807) is 23.3 Å². The molecule has 0 bridgehead atoms. The number of hydrogen-bond acceptors (Lipinski definition) is 4. The Hall–Kier alpha value is -2.30. The van der Waals surface area contributed by atoms with Crippen LogP contribution >= 0.6 is 0 Å². The maximum absolute atomic E-state index is 12.0. The molecule has 0 saturated heterocycles. The number of aromatic nitrogens is 2. The first-order valence-corrected chi connectivity index (χ1v) is 8.83. The highest BCUT2D eigenvalue weighted by molar-refractivity contribution is 5.59. The number of rotatable bonds is 8. The van der Waals surface area contributed by atoms with Gasteiger partial charge in [0.1, 0.15) is 0 Å². The summed E-state index contributed by atoms with van der Waals surface area (Å²) in [6.45, 7) is 8.79. The molecule has 0 aliphatic carbocycles. The van der Waals surface area contributed by atoms with Gasteiger partial charge in [-0.25, -0.2) is 9.78 Å². The summed E-state index contributed by atoms with van der Waals surface area (Å²) in [6, 6.07) is 6.29. The number of carbonyl (C=O) groups excluding carboxylic acids is 1. The summed E-state index contributed by atoms with van der Waals surface area (Å²) in [7, 11) is 0. The summed E-state index contributed by atoms with van der Waals surface area (Å²) < 4.78 is 12.5. The average molecular weight is 344 g/mol. The van der Waals surface area contributed by atoms with Gasteiger partial charge in [-0.2, -0.15) is 0 Å². The van der Waals surface area contributed by atoms with Gasteiger partial charge in [0.2, 0.25) is 0 Å². The third-order valence-electron chi connectivity index (χ3n) is 4.38.